The van der Waals surface area contributed by atoms with E-state index in [-0.39, 0.29) is 11.7 Å². The molecule has 140 valence electrons. The molecule has 3 rings (SSSR count). The van der Waals surface area contributed by atoms with E-state index in [1.165, 1.54) is 49.2 Å². The number of nitrogens with zero attached hydrogens (tertiary/aromatic N) is 3. The first-order chi connectivity index (χ1) is 12.5. The van der Waals surface area contributed by atoms with Crippen LogP contribution in [0.25, 0.3) is 0 Å². The Hall–Kier alpha value is -1.86. The van der Waals surface area contributed by atoms with Crippen molar-refractivity contribution in [3.8, 4) is 0 Å². The van der Waals surface area contributed by atoms with Crippen LogP contribution in [0.4, 0.5) is 4.39 Å². The third-order valence-corrected chi connectivity index (χ3v) is 5.93. The molecule has 1 N–H and O–H groups in total. The maximum absolute atomic E-state index is 12.9. The van der Waals surface area contributed by atoms with Crippen LogP contribution in [-0.2, 0) is 13.1 Å². The average molecular weight is 377 g/mol. The van der Waals surface area contributed by atoms with Gasteiger partial charge in [0.15, 0.2) is 0 Å². The highest BCUT2D eigenvalue weighted by atomic mass is 32.1. The fourth-order valence-electron chi connectivity index (χ4n) is 3.30. The van der Waals surface area contributed by atoms with E-state index < -0.39 is 0 Å². The van der Waals surface area contributed by atoms with E-state index >= 15 is 0 Å². The zero-order valence-electron chi connectivity index (χ0n) is 15.2. The Morgan fingerprint density at radius 2 is 1.92 bits per heavy atom. The van der Waals surface area contributed by atoms with Crippen molar-refractivity contribution in [2.24, 2.45) is 5.92 Å². The van der Waals surface area contributed by atoms with Crippen LogP contribution in [0, 0.1) is 11.7 Å². The van der Waals surface area contributed by atoms with Crippen LogP contribution in [-0.4, -0.2) is 34.1 Å². The van der Waals surface area contributed by atoms with Crippen molar-refractivity contribution in [3.63, 3.8) is 0 Å². The molecule has 1 aromatic carbocycles. The van der Waals surface area contributed by atoms with Gasteiger partial charge in [-0.15, -0.1) is 10.2 Å². The number of rotatable bonds is 6. The maximum Gasteiger partial charge on any atom is 0.282 e. The Kier molecular flexibility index (Phi) is 6.32. The molecule has 1 aromatic heterocycles. The van der Waals surface area contributed by atoms with Crippen molar-refractivity contribution in [2.75, 3.05) is 7.05 Å². The fraction of sp³-hybridized carbons (Fsp3) is 0.526. The predicted octanol–water partition coefficient (Wildman–Crippen LogP) is 3.62. The van der Waals surface area contributed by atoms with Crippen LogP contribution in [0.5, 0.6) is 0 Å². The Morgan fingerprint density at radius 1 is 1.23 bits per heavy atom. The van der Waals surface area contributed by atoms with E-state index in [2.05, 4.69) is 34.4 Å². The number of nitrogens with one attached hydrogen (secondary N) is 1. The molecule has 7 heteroatoms. The summed E-state index contributed by atoms with van der Waals surface area (Å²) in [5.74, 6) is 0.301. The van der Waals surface area contributed by atoms with Crippen molar-refractivity contribution in [3.05, 3.63) is 45.7 Å². The van der Waals surface area contributed by atoms with Crippen LogP contribution >= 0.6 is 11.3 Å². The number of hydrogen-bond acceptors (Lipinski definition) is 5. The summed E-state index contributed by atoms with van der Waals surface area (Å²) in [5.41, 5.74) is 0.843. The number of carbonyl (C=O) groups is 1. The number of benzene rings is 1. The molecule has 1 heterocycles. The summed E-state index contributed by atoms with van der Waals surface area (Å²) in [6.45, 7) is 3.38. The lowest BCUT2D eigenvalue weighted by Crippen LogP contribution is -2.34. The summed E-state index contributed by atoms with van der Waals surface area (Å²) in [4.78, 5) is 14.6. The molecular weight excluding hydrogens is 351 g/mol. The fourth-order valence-corrected chi connectivity index (χ4v) is 4.11. The van der Waals surface area contributed by atoms with Gasteiger partial charge in [-0.05, 0) is 56.3 Å². The summed E-state index contributed by atoms with van der Waals surface area (Å²) in [5, 5.41) is 12.2. The zero-order valence-corrected chi connectivity index (χ0v) is 16.1. The van der Waals surface area contributed by atoms with Crippen molar-refractivity contribution in [1.29, 1.82) is 0 Å². The van der Waals surface area contributed by atoms with Gasteiger partial charge in [0.05, 0.1) is 6.54 Å². The van der Waals surface area contributed by atoms with Crippen molar-refractivity contribution >= 4 is 17.2 Å². The lowest BCUT2D eigenvalue weighted by atomic mass is 9.87. The average Bonchev–Trinajstić information content (AvgIpc) is 3.10. The highest BCUT2D eigenvalue weighted by Gasteiger charge is 2.23. The van der Waals surface area contributed by atoms with Gasteiger partial charge < -0.3 is 5.32 Å². The number of amides is 1. The van der Waals surface area contributed by atoms with E-state index in [9.17, 15) is 9.18 Å². The number of aromatic nitrogens is 2. The van der Waals surface area contributed by atoms with Gasteiger partial charge in [0.2, 0.25) is 5.01 Å². The molecule has 0 bridgehead atoms. The van der Waals surface area contributed by atoms with Gasteiger partial charge in [0.1, 0.15) is 10.8 Å². The minimum Gasteiger partial charge on any atom is -0.346 e. The summed E-state index contributed by atoms with van der Waals surface area (Å²) in [6, 6.07) is 6.66. The molecule has 26 heavy (non-hydrogen) atoms. The molecule has 0 aliphatic heterocycles. The highest BCUT2D eigenvalue weighted by Crippen LogP contribution is 2.27. The second-order valence-corrected chi connectivity index (χ2v) is 8.20. The standard InChI is InChI=1S/C19H25FN4OS/c1-13-3-9-16(10-4-13)24(2)12-17-22-23-19(26-17)18(25)21-11-14-5-7-15(20)8-6-14/h5-8,13,16H,3-4,9-12H2,1-2H3,(H,21,25). The Labute approximate surface area is 157 Å². The Bertz CT molecular complexity index is 725. The molecule has 1 fully saturated rings. The molecule has 0 spiro atoms. The van der Waals surface area contributed by atoms with Gasteiger partial charge in [-0.3, -0.25) is 9.69 Å². The van der Waals surface area contributed by atoms with Crippen LogP contribution < -0.4 is 5.32 Å². The second kappa shape index (κ2) is 8.68. The quantitative estimate of drug-likeness (QED) is 0.837. The molecule has 5 nitrogen and oxygen atoms in total. The topological polar surface area (TPSA) is 58.1 Å². The molecule has 1 saturated carbocycles. The summed E-state index contributed by atoms with van der Waals surface area (Å²) < 4.78 is 12.9. The summed E-state index contributed by atoms with van der Waals surface area (Å²) >= 11 is 1.34. The van der Waals surface area contributed by atoms with Gasteiger partial charge in [0, 0.05) is 12.6 Å². The van der Waals surface area contributed by atoms with Crippen LogP contribution in [0.2, 0.25) is 0 Å². The largest absolute Gasteiger partial charge is 0.346 e. The van der Waals surface area contributed by atoms with Gasteiger partial charge in [0.25, 0.3) is 5.91 Å². The van der Waals surface area contributed by atoms with Crippen LogP contribution in [0.1, 0.15) is 53.0 Å². The van der Waals surface area contributed by atoms with Gasteiger partial charge >= 0.3 is 0 Å². The molecule has 1 aliphatic carbocycles. The van der Waals surface area contributed by atoms with E-state index in [1.807, 2.05) is 0 Å². The summed E-state index contributed by atoms with van der Waals surface area (Å²) in [6.07, 6.45) is 5.01. The number of carbonyl (C=O) groups excluding carboxylic acids is 1. The van der Waals surface area contributed by atoms with Crippen molar-refractivity contribution < 1.29 is 9.18 Å². The van der Waals surface area contributed by atoms with Crippen LogP contribution in [0.3, 0.4) is 0 Å². The predicted molar refractivity (Wildman–Crippen MR) is 100 cm³/mol. The maximum atomic E-state index is 12.9. The molecule has 1 aliphatic rings. The third kappa shape index (κ3) is 5.08. The van der Waals surface area contributed by atoms with Crippen molar-refractivity contribution in [1.82, 2.24) is 20.4 Å². The molecule has 0 radical (unpaired) electrons. The molecular formula is C19H25FN4OS. The van der Waals surface area contributed by atoms with E-state index in [1.54, 1.807) is 12.1 Å². The van der Waals surface area contributed by atoms with Gasteiger partial charge in [-0.25, -0.2) is 4.39 Å². The normalized spacial score (nSPS) is 20.3. The van der Waals surface area contributed by atoms with Gasteiger partial charge in [-0.1, -0.05) is 30.4 Å². The Morgan fingerprint density at radius 3 is 2.62 bits per heavy atom. The minimum atomic E-state index is -0.287. The summed E-state index contributed by atoms with van der Waals surface area (Å²) in [7, 11) is 2.12. The van der Waals surface area contributed by atoms with Crippen LogP contribution in [0.15, 0.2) is 24.3 Å². The lowest BCUT2D eigenvalue weighted by Gasteiger charge is -2.32. The SMILES string of the molecule is CC1CCC(N(C)Cc2nnc(C(=O)NCc3ccc(F)cc3)s2)CC1. The number of hydrogen-bond donors (Lipinski definition) is 1. The first kappa shape index (κ1) is 18.9. The van der Waals surface area contributed by atoms with E-state index in [0.29, 0.717) is 17.6 Å². The molecule has 0 saturated heterocycles. The van der Waals surface area contributed by atoms with Gasteiger partial charge in [-0.2, -0.15) is 0 Å². The molecule has 1 amide bonds. The first-order valence-electron chi connectivity index (χ1n) is 9.06. The zero-order chi connectivity index (χ0) is 18.5. The third-order valence-electron chi connectivity index (χ3n) is 5.02. The minimum absolute atomic E-state index is 0.243. The number of halogens is 1. The molecule has 0 unspecified atom stereocenters. The van der Waals surface area contributed by atoms with Crippen molar-refractivity contribution in [2.45, 2.75) is 51.7 Å². The first-order valence-corrected chi connectivity index (χ1v) is 9.88. The van der Waals surface area contributed by atoms with E-state index in [0.717, 1.165) is 23.0 Å². The second-order valence-electron chi connectivity index (χ2n) is 7.14. The Balaban J connectivity index is 1.50. The molecule has 2 aromatic rings. The molecule has 0 atom stereocenters. The smallest absolute Gasteiger partial charge is 0.282 e. The van der Waals surface area contributed by atoms with E-state index in [4.69, 9.17) is 0 Å². The lowest BCUT2D eigenvalue weighted by molar-refractivity contribution is 0.0950. The monoisotopic (exact) mass is 376 g/mol. The highest BCUT2D eigenvalue weighted by molar-refractivity contribution is 7.13.